The van der Waals surface area contributed by atoms with Gasteiger partial charge in [0, 0.05) is 25.2 Å². The zero-order chi connectivity index (χ0) is 20.7. The van der Waals surface area contributed by atoms with Gasteiger partial charge < -0.3 is 5.32 Å². The van der Waals surface area contributed by atoms with Crippen LogP contribution >= 0.6 is 11.8 Å². The van der Waals surface area contributed by atoms with E-state index in [1.165, 1.54) is 11.8 Å². The molecule has 0 saturated heterocycles. The molecule has 1 heterocycles. The normalized spacial score (nSPS) is 11.4. The maximum Gasteiger partial charge on any atom is 0.262 e. The predicted octanol–water partition coefficient (Wildman–Crippen LogP) is 2.25. The molecule has 150 valence electrons. The van der Waals surface area contributed by atoms with Crippen molar-refractivity contribution in [3.8, 4) is 6.07 Å². The van der Waals surface area contributed by atoms with Gasteiger partial charge in [0.05, 0.1) is 22.7 Å². The highest BCUT2D eigenvalue weighted by molar-refractivity contribution is 7.99. The molecule has 0 aliphatic heterocycles. The van der Waals surface area contributed by atoms with E-state index in [1.54, 1.807) is 16.7 Å². The van der Waals surface area contributed by atoms with Crippen LogP contribution in [0.5, 0.6) is 0 Å². The van der Waals surface area contributed by atoms with Crippen LogP contribution in [0.4, 0.5) is 0 Å². The number of hydrogen-bond acceptors (Lipinski definition) is 6. The van der Waals surface area contributed by atoms with Gasteiger partial charge in [-0.1, -0.05) is 23.9 Å². The molecule has 0 aliphatic rings. The van der Waals surface area contributed by atoms with Gasteiger partial charge in [-0.05, 0) is 39.8 Å². The van der Waals surface area contributed by atoms with E-state index in [-0.39, 0.29) is 23.8 Å². The molecular weight excluding hydrogens is 374 g/mol. The number of carbonyl (C=O) groups excluding carboxylic acids is 1. The summed E-state index contributed by atoms with van der Waals surface area (Å²) >= 11 is 1.21. The van der Waals surface area contributed by atoms with Gasteiger partial charge in [0.1, 0.15) is 6.54 Å². The molecule has 0 fully saturated rings. The monoisotopic (exact) mass is 401 g/mol. The van der Waals surface area contributed by atoms with E-state index in [2.05, 4.69) is 42.9 Å². The molecule has 1 aromatic carbocycles. The Kier molecular flexibility index (Phi) is 8.03. The van der Waals surface area contributed by atoms with Crippen LogP contribution in [0.15, 0.2) is 34.2 Å². The van der Waals surface area contributed by atoms with Crippen molar-refractivity contribution in [2.75, 3.05) is 18.8 Å². The quantitative estimate of drug-likeness (QED) is 0.394. The van der Waals surface area contributed by atoms with Crippen molar-refractivity contribution in [2.24, 2.45) is 0 Å². The molecule has 0 unspecified atom stereocenters. The molecule has 0 aliphatic carbocycles. The molecule has 0 bridgehead atoms. The third-order valence-corrected chi connectivity index (χ3v) is 5.41. The first-order valence-electron chi connectivity index (χ1n) is 9.37. The topological polar surface area (TPSA) is 91.0 Å². The van der Waals surface area contributed by atoms with Crippen molar-refractivity contribution < 1.29 is 4.79 Å². The van der Waals surface area contributed by atoms with E-state index >= 15 is 0 Å². The Hall–Kier alpha value is -2.37. The molecule has 2 aromatic rings. The van der Waals surface area contributed by atoms with Crippen LogP contribution < -0.4 is 10.9 Å². The predicted molar refractivity (Wildman–Crippen MR) is 112 cm³/mol. The first-order chi connectivity index (χ1) is 13.3. The molecule has 0 spiro atoms. The fourth-order valence-corrected chi connectivity index (χ4v) is 3.96. The summed E-state index contributed by atoms with van der Waals surface area (Å²) in [5, 5.41) is 12.2. The number of fused-ring (bicyclic) bond motifs is 1. The van der Waals surface area contributed by atoms with Crippen molar-refractivity contribution in [3.63, 3.8) is 0 Å². The summed E-state index contributed by atoms with van der Waals surface area (Å²) in [6.45, 7) is 9.72. The molecule has 0 saturated carbocycles. The lowest BCUT2D eigenvalue weighted by atomic mass is 10.2. The third-order valence-electron chi connectivity index (χ3n) is 4.43. The standard InChI is InChI=1S/C20H27N5O2S/c1-14(2)24(15(3)4)11-12-25-19(27)16-7-5-6-8-17(16)23-20(25)28-13-18(26)22-10-9-21/h5-8,14-15H,10-13H2,1-4H3,(H,22,26). The second-order valence-electron chi connectivity index (χ2n) is 7.02. The van der Waals surface area contributed by atoms with Gasteiger partial charge in [-0.25, -0.2) is 4.98 Å². The van der Waals surface area contributed by atoms with E-state index in [0.717, 1.165) is 0 Å². The largest absolute Gasteiger partial charge is 0.342 e. The molecule has 1 aromatic heterocycles. The summed E-state index contributed by atoms with van der Waals surface area (Å²) in [4.78, 5) is 31.9. The number of nitrogens with zero attached hydrogens (tertiary/aromatic N) is 4. The summed E-state index contributed by atoms with van der Waals surface area (Å²) in [5.74, 6) is -0.156. The van der Waals surface area contributed by atoms with Gasteiger partial charge in [-0.2, -0.15) is 5.26 Å². The van der Waals surface area contributed by atoms with E-state index in [4.69, 9.17) is 5.26 Å². The average Bonchev–Trinajstić information content (AvgIpc) is 2.66. The number of rotatable bonds is 9. The zero-order valence-corrected chi connectivity index (χ0v) is 17.6. The Morgan fingerprint density at radius 3 is 2.61 bits per heavy atom. The molecule has 7 nitrogen and oxygen atoms in total. The minimum Gasteiger partial charge on any atom is -0.342 e. The maximum absolute atomic E-state index is 13.1. The van der Waals surface area contributed by atoms with E-state index in [1.807, 2.05) is 18.2 Å². The van der Waals surface area contributed by atoms with Crippen LogP contribution in [0.1, 0.15) is 27.7 Å². The minimum atomic E-state index is -0.258. The summed E-state index contributed by atoms with van der Waals surface area (Å²) < 4.78 is 1.66. The SMILES string of the molecule is CC(C)N(CCn1c(SCC(=O)NCC#N)nc2ccccc2c1=O)C(C)C. The number of nitriles is 1. The Labute approximate surface area is 169 Å². The minimum absolute atomic E-state index is 0.0327. The molecule has 8 heteroatoms. The number of amides is 1. The second kappa shape index (κ2) is 10.2. The van der Waals surface area contributed by atoms with Crippen molar-refractivity contribution >= 4 is 28.6 Å². The van der Waals surface area contributed by atoms with Crippen LogP contribution in [0, 0.1) is 11.3 Å². The lowest BCUT2D eigenvalue weighted by Crippen LogP contribution is -2.40. The lowest BCUT2D eigenvalue weighted by Gasteiger charge is -2.30. The molecule has 0 atom stereocenters. The fourth-order valence-electron chi connectivity index (χ4n) is 3.10. The lowest BCUT2D eigenvalue weighted by molar-refractivity contribution is -0.118. The Morgan fingerprint density at radius 1 is 1.29 bits per heavy atom. The van der Waals surface area contributed by atoms with Gasteiger partial charge in [-0.15, -0.1) is 0 Å². The third kappa shape index (κ3) is 5.57. The van der Waals surface area contributed by atoms with Crippen LogP contribution in [0.25, 0.3) is 10.9 Å². The molecule has 28 heavy (non-hydrogen) atoms. The van der Waals surface area contributed by atoms with Crippen LogP contribution in [-0.4, -0.2) is 51.3 Å². The average molecular weight is 402 g/mol. The summed E-state index contributed by atoms with van der Waals surface area (Å²) in [6.07, 6.45) is 0. The van der Waals surface area contributed by atoms with Crippen molar-refractivity contribution in [3.05, 3.63) is 34.6 Å². The Morgan fingerprint density at radius 2 is 1.96 bits per heavy atom. The number of para-hydroxylation sites is 1. The van der Waals surface area contributed by atoms with E-state index < -0.39 is 0 Å². The Balaban J connectivity index is 2.32. The number of hydrogen-bond donors (Lipinski definition) is 1. The smallest absolute Gasteiger partial charge is 0.262 e. The van der Waals surface area contributed by atoms with Crippen LogP contribution in [0.3, 0.4) is 0 Å². The number of carbonyl (C=O) groups is 1. The second-order valence-corrected chi connectivity index (χ2v) is 7.96. The van der Waals surface area contributed by atoms with Crippen molar-refractivity contribution in [2.45, 2.75) is 51.5 Å². The van der Waals surface area contributed by atoms with Crippen LogP contribution in [0.2, 0.25) is 0 Å². The zero-order valence-electron chi connectivity index (χ0n) is 16.8. The van der Waals surface area contributed by atoms with Gasteiger partial charge in [0.2, 0.25) is 5.91 Å². The van der Waals surface area contributed by atoms with Crippen LogP contribution in [-0.2, 0) is 11.3 Å². The van der Waals surface area contributed by atoms with Gasteiger partial charge in [0.25, 0.3) is 5.56 Å². The Bertz CT molecular complexity index is 909. The summed E-state index contributed by atoms with van der Waals surface area (Å²) in [7, 11) is 0. The van der Waals surface area contributed by atoms with E-state index in [9.17, 15) is 9.59 Å². The number of aromatic nitrogens is 2. The van der Waals surface area contributed by atoms with Gasteiger partial charge in [0.15, 0.2) is 5.16 Å². The molecule has 1 amide bonds. The van der Waals surface area contributed by atoms with Crippen molar-refractivity contribution in [1.82, 2.24) is 19.8 Å². The van der Waals surface area contributed by atoms with Gasteiger partial charge in [-0.3, -0.25) is 19.1 Å². The highest BCUT2D eigenvalue weighted by Gasteiger charge is 2.17. The van der Waals surface area contributed by atoms with Gasteiger partial charge >= 0.3 is 0 Å². The highest BCUT2D eigenvalue weighted by atomic mass is 32.2. The highest BCUT2D eigenvalue weighted by Crippen LogP contribution is 2.18. The number of thioether (sulfide) groups is 1. The molecular formula is C20H27N5O2S. The molecule has 1 N–H and O–H groups in total. The number of benzene rings is 1. The fraction of sp³-hybridized carbons (Fsp3) is 0.500. The molecule has 2 rings (SSSR count). The van der Waals surface area contributed by atoms with E-state index in [0.29, 0.717) is 41.2 Å². The first kappa shape index (κ1) is 21.9. The summed E-state index contributed by atoms with van der Waals surface area (Å²) in [5.41, 5.74) is 0.520. The van der Waals surface area contributed by atoms with Crippen molar-refractivity contribution in [1.29, 1.82) is 5.26 Å². The first-order valence-corrected chi connectivity index (χ1v) is 10.4. The number of nitrogens with one attached hydrogen (secondary N) is 1. The summed E-state index contributed by atoms with van der Waals surface area (Å²) in [6, 6.07) is 9.84. The maximum atomic E-state index is 13.1. The molecule has 0 radical (unpaired) electrons.